The van der Waals surface area contributed by atoms with E-state index < -0.39 is 5.60 Å². The zero-order valence-corrected chi connectivity index (χ0v) is 12.4. The van der Waals surface area contributed by atoms with Gasteiger partial charge in [0.15, 0.2) is 0 Å². The predicted molar refractivity (Wildman–Crippen MR) is 89.1 cm³/mol. The Labute approximate surface area is 130 Å². The van der Waals surface area contributed by atoms with Crippen molar-refractivity contribution in [3.05, 3.63) is 82.9 Å². The second kappa shape index (κ2) is 4.21. The molecule has 0 spiro atoms. The van der Waals surface area contributed by atoms with Gasteiger partial charge in [0.1, 0.15) is 5.60 Å². The van der Waals surface area contributed by atoms with E-state index in [9.17, 15) is 5.11 Å². The van der Waals surface area contributed by atoms with E-state index in [-0.39, 0.29) is 5.92 Å². The highest BCUT2D eigenvalue weighted by Gasteiger charge is 2.53. The lowest BCUT2D eigenvalue weighted by molar-refractivity contribution is 0.0202. The van der Waals surface area contributed by atoms with Gasteiger partial charge in [-0.05, 0) is 52.3 Å². The Hall–Kier alpha value is -2.12. The van der Waals surface area contributed by atoms with Crippen LogP contribution in [0.15, 0.2) is 60.7 Å². The molecule has 1 nitrogen and oxygen atoms in total. The molecule has 0 saturated carbocycles. The minimum absolute atomic E-state index is 0.234. The predicted octanol–water partition coefficient (Wildman–Crippen LogP) is 4.51. The Morgan fingerprint density at radius 3 is 2.64 bits per heavy atom. The molecular formula is C21H18O. The molecule has 22 heavy (non-hydrogen) atoms. The van der Waals surface area contributed by atoms with Gasteiger partial charge in [0, 0.05) is 5.92 Å². The summed E-state index contributed by atoms with van der Waals surface area (Å²) in [5.41, 5.74) is 4.14. The monoisotopic (exact) mass is 286 g/mol. The van der Waals surface area contributed by atoms with Gasteiger partial charge < -0.3 is 5.11 Å². The number of hydrogen-bond donors (Lipinski definition) is 1. The van der Waals surface area contributed by atoms with E-state index in [4.69, 9.17) is 0 Å². The molecular weight excluding hydrogens is 268 g/mol. The van der Waals surface area contributed by atoms with Crippen molar-refractivity contribution in [2.24, 2.45) is 0 Å². The van der Waals surface area contributed by atoms with E-state index in [1.54, 1.807) is 0 Å². The summed E-state index contributed by atoms with van der Waals surface area (Å²) < 4.78 is 0. The molecule has 0 radical (unpaired) electrons. The lowest BCUT2D eigenvalue weighted by Crippen LogP contribution is -2.44. The Kier molecular flexibility index (Phi) is 2.38. The van der Waals surface area contributed by atoms with Gasteiger partial charge in [0.2, 0.25) is 0 Å². The molecule has 0 aromatic heterocycles. The molecule has 0 saturated heterocycles. The van der Waals surface area contributed by atoms with Crippen molar-refractivity contribution in [2.45, 2.75) is 30.8 Å². The van der Waals surface area contributed by atoms with Crippen LogP contribution in [-0.2, 0) is 12.0 Å². The van der Waals surface area contributed by atoms with Crippen LogP contribution in [0.4, 0.5) is 0 Å². The van der Waals surface area contributed by atoms with Gasteiger partial charge in [0.05, 0.1) is 0 Å². The van der Waals surface area contributed by atoms with Gasteiger partial charge in [-0.1, -0.05) is 60.7 Å². The number of hydrogen-bond acceptors (Lipinski definition) is 1. The second-order valence-electron chi connectivity index (χ2n) is 6.62. The maximum absolute atomic E-state index is 11.6. The van der Waals surface area contributed by atoms with Gasteiger partial charge in [-0.25, -0.2) is 0 Å². The molecule has 0 fully saturated rings. The molecule has 2 aliphatic carbocycles. The van der Waals surface area contributed by atoms with Crippen molar-refractivity contribution in [2.75, 3.05) is 0 Å². The first-order valence-corrected chi connectivity index (χ1v) is 8.13. The van der Waals surface area contributed by atoms with E-state index in [0.29, 0.717) is 0 Å². The first kappa shape index (κ1) is 12.4. The van der Waals surface area contributed by atoms with E-state index in [2.05, 4.69) is 60.7 Å². The van der Waals surface area contributed by atoms with E-state index in [1.807, 2.05) is 0 Å². The largest absolute Gasteiger partial charge is 0.380 e. The highest BCUT2D eigenvalue weighted by Crippen LogP contribution is 2.59. The fraction of sp³-hybridized carbons (Fsp3) is 0.238. The number of benzene rings is 3. The third-order valence-electron chi connectivity index (χ3n) is 5.60. The summed E-state index contributed by atoms with van der Waals surface area (Å²) in [5, 5.41) is 14.2. The van der Waals surface area contributed by atoms with E-state index in [0.717, 1.165) is 30.4 Å². The molecule has 2 unspecified atom stereocenters. The average molecular weight is 286 g/mol. The van der Waals surface area contributed by atoms with Crippen LogP contribution in [0.1, 0.15) is 41.0 Å². The lowest BCUT2D eigenvalue weighted by Gasteiger charge is -2.48. The molecule has 2 atom stereocenters. The molecule has 0 aliphatic heterocycles. The van der Waals surface area contributed by atoms with E-state index >= 15 is 0 Å². The Balaban J connectivity index is 1.83. The lowest BCUT2D eigenvalue weighted by atomic mass is 9.59. The van der Waals surface area contributed by atoms with Gasteiger partial charge in [-0.2, -0.15) is 0 Å². The van der Waals surface area contributed by atoms with Crippen LogP contribution < -0.4 is 0 Å². The summed E-state index contributed by atoms with van der Waals surface area (Å²) in [6.07, 6.45) is 3.28. The van der Waals surface area contributed by atoms with Crippen LogP contribution in [-0.4, -0.2) is 5.11 Å². The van der Waals surface area contributed by atoms with Crippen LogP contribution >= 0.6 is 0 Å². The first-order chi connectivity index (χ1) is 10.8. The molecule has 5 rings (SSSR count). The zero-order chi connectivity index (χ0) is 14.7. The van der Waals surface area contributed by atoms with Crippen LogP contribution in [0.25, 0.3) is 10.8 Å². The highest BCUT2D eigenvalue weighted by molar-refractivity contribution is 5.90. The molecule has 108 valence electrons. The van der Waals surface area contributed by atoms with Crippen LogP contribution in [0.2, 0.25) is 0 Å². The van der Waals surface area contributed by atoms with Crippen molar-refractivity contribution in [1.29, 1.82) is 0 Å². The van der Waals surface area contributed by atoms with Gasteiger partial charge >= 0.3 is 0 Å². The van der Waals surface area contributed by atoms with Crippen molar-refractivity contribution >= 4 is 10.8 Å². The molecule has 2 aliphatic rings. The maximum Gasteiger partial charge on any atom is 0.122 e. The zero-order valence-electron chi connectivity index (χ0n) is 12.4. The molecule has 3 aromatic rings. The minimum Gasteiger partial charge on any atom is -0.380 e. The summed E-state index contributed by atoms with van der Waals surface area (Å²) in [7, 11) is 0. The number of aryl methyl sites for hydroxylation is 1. The quantitative estimate of drug-likeness (QED) is 0.644. The van der Waals surface area contributed by atoms with Crippen molar-refractivity contribution in [3.63, 3.8) is 0 Å². The third kappa shape index (κ3) is 1.37. The van der Waals surface area contributed by atoms with Crippen LogP contribution in [0.3, 0.4) is 0 Å². The Morgan fingerprint density at radius 1 is 0.864 bits per heavy atom. The maximum atomic E-state index is 11.6. The topological polar surface area (TPSA) is 20.2 Å². The molecule has 1 heteroatoms. The first-order valence-electron chi connectivity index (χ1n) is 8.13. The second-order valence-corrected chi connectivity index (χ2v) is 6.62. The number of fused-ring (bicyclic) bond motifs is 8. The average Bonchev–Trinajstić information content (AvgIpc) is 2.68. The van der Waals surface area contributed by atoms with E-state index in [1.165, 1.54) is 21.9 Å². The molecule has 0 bridgehead atoms. The standard InChI is InChI=1S/C21H18O/c22-21-17-10-4-2-7-15(17)8-5-11-18(21)20-16-9-3-1-6-14(16)12-13-19(20)21/h1-4,6-7,9-10,12-13,18,22H,5,8,11H2. The number of aliphatic hydroxyl groups is 1. The van der Waals surface area contributed by atoms with Crippen molar-refractivity contribution in [1.82, 2.24) is 0 Å². The SMILES string of the molecule is OC12c3ccccc3CCCC1c1c2ccc2ccccc12. The van der Waals surface area contributed by atoms with Gasteiger partial charge in [-0.3, -0.25) is 0 Å². The van der Waals surface area contributed by atoms with Gasteiger partial charge in [-0.15, -0.1) is 0 Å². The summed E-state index contributed by atoms with van der Waals surface area (Å²) in [4.78, 5) is 0. The summed E-state index contributed by atoms with van der Waals surface area (Å²) >= 11 is 0. The smallest absolute Gasteiger partial charge is 0.122 e. The minimum atomic E-state index is -0.785. The summed E-state index contributed by atoms with van der Waals surface area (Å²) in [5.74, 6) is 0.234. The van der Waals surface area contributed by atoms with Crippen molar-refractivity contribution < 1.29 is 5.11 Å². The number of rotatable bonds is 0. The van der Waals surface area contributed by atoms with Gasteiger partial charge in [0.25, 0.3) is 0 Å². The fourth-order valence-electron chi connectivity index (χ4n) is 4.62. The van der Waals surface area contributed by atoms with Crippen LogP contribution in [0, 0.1) is 0 Å². The molecule has 1 N–H and O–H groups in total. The van der Waals surface area contributed by atoms with Crippen LogP contribution in [0.5, 0.6) is 0 Å². The molecule has 0 heterocycles. The normalized spacial score (nSPS) is 25.6. The van der Waals surface area contributed by atoms with Crippen molar-refractivity contribution in [3.8, 4) is 0 Å². The summed E-state index contributed by atoms with van der Waals surface area (Å²) in [6, 6.07) is 21.3. The third-order valence-corrected chi connectivity index (χ3v) is 5.60. The Morgan fingerprint density at radius 2 is 1.68 bits per heavy atom. The molecule has 0 amide bonds. The Bertz CT molecular complexity index is 895. The fourth-order valence-corrected chi connectivity index (χ4v) is 4.62. The summed E-state index contributed by atoms with van der Waals surface area (Å²) in [6.45, 7) is 0. The molecule has 3 aromatic carbocycles. The highest BCUT2D eigenvalue weighted by atomic mass is 16.3.